The smallest absolute Gasteiger partial charge is 0.220 e. The molecule has 1 aliphatic heterocycles. The Hall–Kier alpha value is -1.98. The van der Waals surface area contributed by atoms with E-state index in [0.29, 0.717) is 12.5 Å². The standard InChI is InChI=1S/C17H22N4O/c18-17-19-12-14(13-6-2-1-3-7-13)16(20-17)15-8-4-5-9-21(15)10-11-22/h1-3,6-7,12,15,22H,4-5,8-11H2,(H2,18,19,20)/t15-/m1/s1. The maximum absolute atomic E-state index is 9.33. The van der Waals surface area contributed by atoms with Crippen LogP contribution in [0, 0.1) is 0 Å². The van der Waals surface area contributed by atoms with E-state index in [9.17, 15) is 5.11 Å². The Labute approximate surface area is 130 Å². The summed E-state index contributed by atoms with van der Waals surface area (Å²) in [6.45, 7) is 1.82. The Kier molecular flexibility index (Phi) is 4.65. The van der Waals surface area contributed by atoms with Crippen molar-refractivity contribution in [3.63, 3.8) is 0 Å². The summed E-state index contributed by atoms with van der Waals surface area (Å²) < 4.78 is 0. The lowest BCUT2D eigenvalue weighted by Gasteiger charge is -2.35. The van der Waals surface area contributed by atoms with E-state index in [-0.39, 0.29) is 12.6 Å². The lowest BCUT2D eigenvalue weighted by Crippen LogP contribution is -2.36. The molecule has 3 N–H and O–H groups in total. The third-order valence-electron chi connectivity index (χ3n) is 4.24. The van der Waals surface area contributed by atoms with Gasteiger partial charge in [0.2, 0.25) is 5.95 Å². The molecular weight excluding hydrogens is 276 g/mol. The third kappa shape index (κ3) is 3.10. The van der Waals surface area contributed by atoms with Crippen LogP contribution >= 0.6 is 0 Å². The van der Waals surface area contributed by atoms with Crippen LogP contribution in [0.3, 0.4) is 0 Å². The number of hydrogen-bond donors (Lipinski definition) is 2. The monoisotopic (exact) mass is 298 g/mol. The second kappa shape index (κ2) is 6.85. The van der Waals surface area contributed by atoms with Gasteiger partial charge in [0.1, 0.15) is 0 Å². The average molecular weight is 298 g/mol. The molecular formula is C17H22N4O. The molecule has 2 heterocycles. The molecule has 0 aliphatic carbocycles. The van der Waals surface area contributed by atoms with Gasteiger partial charge in [-0.1, -0.05) is 36.8 Å². The first kappa shape index (κ1) is 14.9. The molecule has 0 bridgehead atoms. The van der Waals surface area contributed by atoms with E-state index in [0.717, 1.165) is 36.2 Å². The Bertz CT molecular complexity index is 615. The largest absolute Gasteiger partial charge is 0.395 e. The minimum atomic E-state index is 0.164. The van der Waals surface area contributed by atoms with Crippen LogP contribution in [0.15, 0.2) is 36.5 Å². The van der Waals surface area contributed by atoms with Crippen LogP contribution in [-0.4, -0.2) is 39.7 Å². The number of nitrogens with two attached hydrogens (primary N) is 1. The van der Waals surface area contributed by atoms with Crippen LogP contribution < -0.4 is 5.73 Å². The van der Waals surface area contributed by atoms with Crippen LogP contribution in [-0.2, 0) is 0 Å². The summed E-state index contributed by atoms with van der Waals surface area (Å²) in [5, 5.41) is 9.33. The summed E-state index contributed by atoms with van der Waals surface area (Å²) in [6.07, 6.45) is 5.19. The lowest BCUT2D eigenvalue weighted by atomic mass is 9.94. The second-order valence-electron chi connectivity index (χ2n) is 5.66. The third-order valence-corrected chi connectivity index (χ3v) is 4.24. The molecule has 2 aromatic rings. The molecule has 22 heavy (non-hydrogen) atoms. The maximum atomic E-state index is 9.33. The molecule has 5 nitrogen and oxygen atoms in total. The lowest BCUT2D eigenvalue weighted by molar-refractivity contribution is 0.115. The van der Waals surface area contributed by atoms with Crippen molar-refractivity contribution in [2.24, 2.45) is 0 Å². The minimum Gasteiger partial charge on any atom is -0.395 e. The molecule has 1 aliphatic rings. The summed E-state index contributed by atoms with van der Waals surface area (Å²) in [4.78, 5) is 11.0. The van der Waals surface area contributed by atoms with Gasteiger partial charge >= 0.3 is 0 Å². The van der Waals surface area contributed by atoms with Gasteiger partial charge < -0.3 is 10.8 Å². The topological polar surface area (TPSA) is 75.3 Å². The van der Waals surface area contributed by atoms with Gasteiger partial charge in [-0.25, -0.2) is 9.97 Å². The van der Waals surface area contributed by atoms with Crippen molar-refractivity contribution in [2.75, 3.05) is 25.4 Å². The number of β-amino-alcohol motifs (C(OH)–C–C–N with tert-alkyl or cyclic N) is 1. The van der Waals surface area contributed by atoms with Crippen molar-refractivity contribution in [3.8, 4) is 11.1 Å². The first-order valence-electron chi connectivity index (χ1n) is 7.82. The van der Waals surface area contributed by atoms with Crippen LogP contribution in [0.4, 0.5) is 5.95 Å². The summed E-state index contributed by atoms with van der Waals surface area (Å²) in [7, 11) is 0. The summed E-state index contributed by atoms with van der Waals surface area (Å²) in [5.41, 5.74) is 8.96. The number of likely N-dealkylation sites (tertiary alicyclic amines) is 1. The molecule has 3 rings (SSSR count). The fraction of sp³-hybridized carbons (Fsp3) is 0.412. The van der Waals surface area contributed by atoms with Crippen LogP contribution in [0.2, 0.25) is 0 Å². The highest BCUT2D eigenvalue weighted by Crippen LogP contribution is 2.35. The molecule has 1 fully saturated rings. The Morgan fingerprint density at radius 1 is 1.23 bits per heavy atom. The van der Waals surface area contributed by atoms with E-state index in [1.807, 2.05) is 24.4 Å². The molecule has 0 saturated carbocycles. The quantitative estimate of drug-likeness (QED) is 0.905. The van der Waals surface area contributed by atoms with Gasteiger partial charge in [-0.3, -0.25) is 4.90 Å². The molecule has 0 unspecified atom stereocenters. The second-order valence-corrected chi connectivity index (χ2v) is 5.66. The van der Waals surface area contributed by atoms with Gasteiger partial charge in [0.25, 0.3) is 0 Å². The number of aromatic nitrogens is 2. The van der Waals surface area contributed by atoms with Crippen molar-refractivity contribution < 1.29 is 5.11 Å². The van der Waals surface area contributed by atoms with Crippen molar-refractivity contribution >= 4 is 5.95 Å². The van der Waals surface area contributed by atoms with E-state index in [1.54, 1.807) is 0 Å². The van der Waals surface area contributed by atoms with Crippen LogP contribution in [0.5, 0.6) is 0 Å². The fourth-order valence-electron chi connectivity index (χ4n) is 3.20. The SMILES string of the molecule is Nc1ncc(-c2ccccc2)c([C@H]2CCCCN2CCO)n1. The summed E-state index contributed by atoms with van der Waals surface area (Å²) in [6, 6.07) is 10.4. The van der Waals surface area contributed by atoms with E-state index in [4.69, 9.17) is 5.73 Å². The maximum Gasteiger partial charge on any atom is 0.220 e. The zero-order valence-corrected chi connectivity index (χ0v) is 12.7. The first-order valence-corrected chi connectivity index (χ1v) is 7.82. The number of anilines is 1. The minimum absolute atomic E-state index is 0.164. The Morgan fingerprint density at radius 3 is 2.82 bits per heavy atom. The van der Waals surface area contributed by atoms with E-state index in [2.05, 4.69) is 27.0 Å². The number of hydrogen-bond acceptors (Lipinski definition) is 5. The van der Waals surface area contributed by atoms with Crippen molar-refractivity contribution in [1.82, 2.24) is 14.9 Å². The van der Waals surface area contributed by atoms with Gasteiger partial charge in [0, 0.05) is 18.3 Å². The molecule has 1 aromatic carbocycles. The number of aliphatic hydroxyl groups is 1. The molecule has 0 spiro atoms. The molecule has 1 aromatic heterocycles. The number of aliphatic hydroxyl groups excluding tert-OH is 1. The van der Waals surface area contributed by atoms with Crippen molar-refractivity contribution in [3.05, 3.63) is 42.2 Å². The predicted molar refractivity (Wildman–Crippen MR) is 87.1 cm³/mol. The number of nitrogens with zero attached hydrogens (tertiary/aromatic N) is 3. The average Bonchev–Trinajstić information content (AvgIpc) is 2.56. The predicted octanol–water partition coefficient (Wildman–Crippen LogP) is 2.25. The molecule has 5 heteroatoms. The highest BCUT2D eigenvalue weighted by Gasteiger charge is 2.27. The van der Waals surface area contributed by atoms with Gasteiger partial charge in [-0.2, -0.15) is 0 Å². The highest BCUT2D eigenvalue weighted by molar-refractivity contribution is 5.66. The molecule has 0 radical (unpaired) electrons. The summed E-state index contributed by atoms with van der Waals surface area (Å²) in [5.74, 6) is 0.309. The number of piperidine rings is 1. The molecule has 1 saturated heterocycles. The number of benzene rings is 1. The Balaban J connectivity index is 2.03. The first-order chi connectivity index (χ1) is 10.8. The fourth-order valence-corrected chi connectivity index (χ4v) is 3.20. The van der Waals surface area contributed by atoms with Gasteiger partial charge in [-0.15, -0.1) is 0 Å². The van der Waals surface area contributed by atoms with E-state index in [1.165, 1.54) is 6.42 Å². The van der Waals surface area contributed by atoms with Crippen LogP contribution in [0.25, 0.3) is 11.1 Å². The zero-order valence-electron chi connectivity index (χ0n) is 12.7. The molecule has 0 amide bonds. The van der Waals surface area contributed by atoms with E-state index >= 15 is 0 Å². The van der Waals surface area contributed by atoms with Crippen molar-refractivity contribution in [1.29, 1.82) is 0 Å². The van der Waals surface area contributed by atoms with Gasteiger partial charge in [-0.05, 0) is 24.9 Å². The van der Waals surface area contributed by atoms with Gasteiger partial charge in [0.15, 0.2) is 0 Å². The number of rotatable bonds is 4. The highest BCUT2D eigenvalue weighted by atomic mass is 16.3. The van der Waals surface area contributed by atoms with Gasteiger partial charge in [0.05, 0.1) is 18.3 Å². The van der Waals surface area contributed by atoms with Crippen LogP contribution in [0.1, 0.15) is 31.0 Å². The molecule has 1 atom stereocenters. The normalized spacial score (nSPS) is 19.2. The van der Waals surface area contributed by atoms with E-state index < -0.39 is 0 Å². The number of nitrogen functional groups attached to an aromatic ring is 1. The zero-order chi connectivity index (χ0) is 15.4. The molecule has 116 valence electrons. The summed E-state index contributed by atoms with van der Waals surface area (Å²) >= 11 is 0. The van der Waals surface area contributed by atoms with Crippen molar-refractivity contribution in [2.45, 2.75) is 25.3 Å². The Morgan fingerprint density at radius 2 is 2.05 bits per heavy atom.